The quantitative estimate of drug-likeness (QED) is 0.562. The molecule has 0 radical (unpaired) electrons. The van der Waals surface area contributed by atoms with Crippen LogP contribution in [0.5, 0.6) is 0 Å². The Kier molecular flexibility index (Phi) is 5.48. The van der Waals surface area contributed by atoms with E-state index in [0.29, 0.717) is 5.66 Å². The molecule has 0 N–H and O–H groups in total. The predicted molar refractivity (Wildman–Crippen MR) is 111 cm³/mol. The van der Waals surface area contributed by atoms with Crippen LogP contribution in [0.25, 0.3) is 0 Å². The SMILES string of the molecule is CCC(CC)[PH](c1ccccc1)(c1ccccc1)c1ccccc1. The summed E-state index contributed by atoms with van der Waals surface area (Å²) in [6, 6.07) is 33.7. The Bertz CT molecular complexity index is 634. The number of hydrogen-bond donors (Lipinski definition) is 0. The van der Waals surface area contributed by atoms with Crippen molar-refractivity contribution >= 4 is 23.2 Å². The van der Waals surface area contributed by atoms with Gasteiger partial charge in [-0.25, -0.2) is 0 Å². The van der Waals surface area contributed by atoms with Gasteiger partial charge in [-0.2, -0.15) is 0 Å². The molecule has 0 saturated heterocycles. The summed E-state index contributed by atoms with van der Waals surface area (Å²) in [6.07, 6.45) is 2.42. The van der Waals surface area contributed by atoms with Crippen LogP contribution in [0.4, 0.5) is 0 Å². The summed E-state index contributed by atoms with van der Waals surface area (Å²) >= 11 is 0. The first-order valence-electron chi connectivity index (χ1n) is 9.00. The van der Waals surface area contributed by atoms with Gasteiger partial charge in [0.2, 0.25) is 0 Å². The average molecular weight is 334 g/mol. The summed E-state index contributed by atoms with van der Waals surface area (Å²) in [5, 5.41) is 4.57. The Labute approximate surface area is 146 Å². The molecule has 1 heteroatoms. The van der Waals surface area contributed by atoms with E-state index in [9.17, 15) is 0 Å². The zero-order valence-corrected chi connectivity index (χ0v) is 15.7. The van der Waals surface area contributed by atoms with Gasteiger partial charge in [-0.15, -0.1) is 0 Å². The zero-order chi connectivity index (χ0) is 16.8. The fraction of sp³-hybridized carbons (Fsp3) is 0.217. The Morgan fingerprint density at radius 1 is 0.542 bits per heavy atom. The molecule has 0 heterocycles. The van der Waals surface area contributed by atoms with Crippen LogP contribution in [0.1, 0.15) is 26.7 Å². The van der Waals surface area contributed by atoms with Gasteiger partial charge in [-0.3, -0.25) is 0 Å². The van der Waals surface area contributed by atoms with Crippen molar-refractivity contribution in [1.82, 2.24) is 0 Å². The summed E-state index contributed by atoms with van der Waals surface area (Å²) in [5.74, 6) is 0. The topological polar surface area (TPSA) is 0 Å². The van der Waals surface area contributed by atoms with E-state index in [0.717, 1.165) is 0 Å². The molecule has 0 nitrogen and oxygen atoms in total. The van der Waals surface area contributed by atoms with E-state index in [1.54, 1.807) is 0 Å². The van der Waals surface area contributed by atoms with Gasteiger partial charge in [0, 0.05) is 0 Å². The molecule has 0 atom stereocenters. The minimum absolute atomic E-state index is 0.685. The predicted octanol–water partition coefficient (Wildman–Crippen LogP) is 4.90. The van der Waals surface area contributed by atoms with Crippen LogP contribution >= 0.6 is 7.26 Å². The van der Waals surface area contributed by atoms with E-state index in [-0.39, 0.29) is 0 Å². The minimum atomic E-state index is -2.05. The second-order valence-electron chi connectivity index (χ2n) is 6.42. The summed E-state index contributed by atoms with van der Waals surface area (Å²) in [6.45, 7) is 4.70. The van der Waals surface area contributed by atoms with Crippen molar-refractivity contribution in [3.63, 3.8) is 0 Å². The van der Waals surface area contributed by atoms with E-state index in [4.69, 9.17) is 0 Å². The molecule has 0 aliphatic rings. The van der Waals surface area contributed by atoms with Gasteiger partial charge in [-0.1, -0.05) is 0 Å². The van der Waals surface area contributed by atoms with Gasteiger partial charge in [0.1, 0.15) is 0 Å². The fourth-order valence-corrected chi connectivity index (χ4v) is 10.0. The summed E-state index contributed by atoms with van der Waals surface area (Å²) in [7, 11) is -2.05. The van der Waals surface area contributed by atoms with E-state index in [1.807, 2.05) is 0 Å². The van der Waals surface area contributed by atoms with Gasteiger partial charge in [0.15, 0.2) is 0 Å². The second-order valence-corrected chi connectivity index (χ2v) is 10.6. The van der Waals surface area contributed by atoms with Crippen molar-refractivity contribution in [2.45, 2.75) is 32.3 Å². The van der Waals surface area contributed by atoms with Crippen LogP contribution in [-0.4, -0.2) is 5.66 Å². The van der Waals surface area contributed by atoms with Gasteiger partial charge < -0.3 is 0 Å². The maximum absolute atomic E-state index is 2.35. The molecule has 124 valence electrons. The third-order valence-electron chi connectivity index (χ3n) is 5.29. The van der Waals surface area contributed by atoms with Crippen molar-refractivity contribution in [1.29, 1.82) is 0 Å². The Balaban J connectivity index is 2.37. The number of hydrogen-bond acceptors (Lipinski definition) is 0. The molecule has 0 unspecified atom stereocenters. The molecule has 0 amide bonds. The van der Waals surface area contributed by atoms with E-state index < -0.39 is 7.26 Å². The fourth-order valence-electron chi connectivity index (χ4n) is 4.21. The van der Waals surface area contributed by atoms with E-state index in [2.05, 4.69) is 105 Å². The molecule has 24 heavy (non-hydrogen) atoms. The van der Waals surface area contributed by atoms with Crippen LogP contribution in [0.15, 0.2) is 91.0 Å². The van der Waals surface area contributed by atoms with Crippen LogP contribution in [0, 0.1) is 0 Å². The molecule has 3 aromatic carbocycles. The molecule has 0 spiro atoms. The molecule has 0 aliphatic heterocycles. The monoisotopic (exact) mass is 334 g/mol. The molecule has 3 rings (SSSR count). The van der Waals surface area contributed by atoms with Gasteiger partial charge in [0.25, 0.3) is 0 Å². The first kappa shape index (κ1) is 16.9. The van der Waals surface area contributed by atoms with Gasteiger partial charge in [-0.05, 0) is 0 Å². The Morgan fingerprint density at radius 2 is 0.833 bits per heavy atom. The van der Waals surface area contributed by atoms with Crippen LogP contribution < -0.4 is 15.9 Å². The van der Waals surface area contributed by atoms with Crippen molar-refractivity contribution in [2.24, 2.45) is 0 Å². The molecule has 0 fully saturated rings. The van der Waals surface area contributed by atoms with Crippen molar-refractivity contribution < 1.29 is 0 Å². The van der Waals surface area contributed by atoms with Crippen molar-refractivity contribution in [2.75, 3.05) is 0 Å². The van der Waals surface area contributed by atoms with Crippen molar-refractivity contribution in [3.8, 4) is 0 Å². The molecule has 0 aliphatic carbocycles. The molecule has 0 aromatic heterocycles. The standard InChI is InChI=1S/C23H27P/c1-3-20(4-2)24(21-14-8-5-9-15-21,22-16-10-6-11-17-22)23-18-12-7-13-19-23/h5-20,24H,3-4H2,1-2H3. The number of rotatable bonds is 6. The van der Waals surface area contributed by atoms with Crippen molar-refractivity contribution in [3.05, 3.63) is 91.0 Å². The van der Waals surface area contributed by atoms with Gasteiger partial charge >= 0.3 is 147 Å². The first-order valence-corrected chi connectivity index (χ1v) is 11.1. The van der Waals surface area contributed by atoms with Crippen LogP contribution in [0.3, 0.4) is 0 Å². The van der Waals surface area contributed by atoms with E-state index in [1.165, 1.54) is 28.8 Å². The maximum atomic E-state index is 2.35. The third-order valence-corrected chi connectivity index (χ3v) is 11.1. The average Bonchev–Trinajstić information content (AvgIpc) is 2.68. The zero-order valence-electron chi connectivity index (χ0n) is 14.7. The van der Waals surface area contributed by atoms with Crippen LogP contribution in [0.2, 0.25) is 0 Å². The van der Waals surface area contributed by atoms with E-state index >= 15 is 0 Å². The van der Waals surface area contributed by atoms with Gasteiger partial charge in [0.05, 0.1) is 0 Å². The molecule has 0 bridgehead atoms. The first-order chi connectivity index (χ1) is 11.8. The number of benzene rings is 3. The summed E-state index contributed by atoms with van der Waals surface area (Å²) < 4.78 is 0. The molecule has 0 saturated carbocycles. The summed E-state index contributed by atoms with van der Waals surface area (Å²) in [4.78, 5) is 0. The normalized spacial score (nSPS) is 12.3. The Morgan fingerprint density at radius 3 is 1.08 bits per heavy atom. The Hall–Kier alpha value is -1.91. The van der Waals surface area contributed by atoms with Crippen LogP contribution in [-0.2, 0) is 0 Å². The molecular formula is C23H27P. The molecule has 3 aromatic rings. The summed E-state index contributed by atoms with van der Waals surface area (Å²) in [5.41, 5.74) is 0.685. The molecular weight excluding hydrogens is 307 g/mol. The third kappa shape index (κ3) is 2.92. The second kappa shape index (κ2) is 7.77.